The van der Waals surface area contributed by atoms with Gasteiger partial charge in [0.1, 0.15) is 11.4 Å². The second-order valence-electron chi connectivity index (χ2n) is 3.89. The van der Waals surface area contributed by atoms with E-state index in [2.05, 4.69) is 14.5 Å². The van der Waals surface area contributed by atoms with Crippen molar-refractivity contribution in [1.29, 1.82) is 0 Å². The number of rotatable bonds is 3. The molecule has 0 aromatic carbocycles. The summed E-state index contributed by atoms with van der Waals surface area (Å²) in [5, 5.41) is 0. The van der Waals surface area contributed by atoms with Gasteiger partial charge in [0.15, 0.2) is 0 Å². The predicted octanol–water partition coefficient (Wildman–Crippen LogP) is 1.03. The molecule has 0 unspecified atom stereocenters. The summed E-state index contributed by atoms with van der Waals surface area (Å²) in [6.45, 7) is 1.74. The summed E-state index contributed by atoms with van der Waals surface area (Å²) in [6, 6.07) is 1.51. The third kappa shape index (κ3) is 2.58. The molecule has 1 aromatic heterocycles. The maximum absolute atomic E-state index is 11.8. The van der Waals surface area contributed by atoms with Gasteiger partial charge in [-0.2, -0.15) is 0 Å². The lowest BCUT2D eigenvalue weighted by Crippen LogP contribution is -2.21. The number of carbonyl (C=O) groups is 2. The van der Waals surface area contributed by atoms with Crippen LogP contribution in [0.1, 0.15) is 26.4 Å². The molecule has 0 aliphatic heterocycles. The third-order valence-electron chi connectivity index (χ3n) is 2.35. The topological polar surface area (TPSA) is 68.7 Å². The zero-order valence-corrected chi connectivity index (χ0v) is 11.1. The smallest absolute Gasteiger partial charge is 0.342 e. The molecule has 1 rings (SSSR count). The third-order valence-corrected chi connectivity index (χ3v) is 2.35. The molecule has 6 nitrogen and oxygen atoms in total. The van der Waals surface area contributed by atoms with E-state index in [9.17, 15) is 9.59 Å². The molecule has 6 heteroatoms. The molecule has 1 aromatic rings. The predicted molar refractivity (Wildman–Crippen MR) is 66.0 cm³/mol. The minimum atomic E-state index is -0.619. The molecule has 0 bridgehead atoms. The number of hydrogen-bond donors (Lipinski definition) is 0. The molecular weight excluding hydrogens is 236 g/mol. The van der Waals surface area contributed by atoms with Crippen molar-refractivity contribution in [3.63, 3.8) is 0 Å². The van der Waals surface area contributed by atoms with Crippen molar-refractivity contribution >= 4 is 17.8 Å². The second kappa shape index (κ2) is 5.48. The number of methoxy groups -OCH3 is 2. The van der Waals surface area contributed by atoms with Crippen LogP contribution in [0.25, 0.3) is 0 Å². The second-order valence-corrected chi connectivity index (χ2v) is 3.89. The number of pyridine rings is 1. The monoisotopic (exact) mass is 252 g/mol. The first kappa shape index (κ1) is 14.0. The molecule has 0 N–H and O–H groups in total. The van der Waals surface area contributed by atoms with Gasteiger partial charge in [-0.05, 0) is 13.0 Å². The van der Waals surface area contributed by atoms with Gasteiger partial charge < -0.3 is 14.4 Å². The fourth-order valence-electron chi connectivity index (χ4n) is 1.55. The number of ether oxygens (including phenoxy) is 2. The van der Waals surface area contributed by atoms with Gasteiger partial charge in [-0.1, -0.05) is 0 Å². The van der Waals surface area contributed by atoms with Gasteiger partial charge in [0.2, 0.25) is 0 Å². The van der Waals surface area contributed by atoms with Crippen molar-refractivity contribution in [2.75, 3.05) is 33.2 Å². The van der Waals surface area contributed by atoms with Crippen LogP contribution < -0.4 is 4.90 Å². The summed E-state index contributed by atoms with van der Waals surface area (Å²) in [7, 11) is 5.97. The first-order valence-electron chi connectivity index (χ1n) is 5.28. The van der Waals surface area contributed by atoms with E-state index in [4.69, 9.17) is 0 Å². The zero-order chi connectivity index (χ0) is 13.9. The van der Waals surface area contributed by atoms with E-state index in [1.165, 1.54) is 20.3 Å². The van der Waals surface area contributed by atoms with Gasteiger partial charge in [0.25, 0.3) is 0 Å². The van der Waals surface area contributed by atoms with Crippen LogP contribution in [0.5, 0.6) is 0 Å². The fourth-order valence-corrected chi connectivity index (χ4v) is 1.55. The Morgan fingerprint density at radius 2 is 1.72 bits per heavy atom. The molecule has 0 saturated carbocycles. The molecule has 0 radical (unpaired) electrons. The Hall–Kier alpha value is -2.11. The number of esters is 2. The maximum atomic E-state index is 11.8. The number of nitrogens with zero attached hydrogens (tertiary/aromatic N) is 2. The highest BCUT2D eigenvalue weighted by atomic mass is 16.5. The lowest BCUT2D eigenvalue weighted by molar-refractivity contribution is 0.0555. The molecule has 0 fully saturated rings. The molecule has 0 amide bonds. The Morgan fingerprint density at radius 3 is 2.17 bits per heavy atom. The molecule has 0 atom stereocenters. The summed E-state index contributed by atoms with van der Waals surface area (Å²) in [4.78, 5) is 29.4. The van der Waals surface area contributed by atoms with E-state index >= 15 is 0 Å². The summed E-state index contributed by atoms with van der Waals surface area (Å²) >= 11 is 0. The van der Waals surface area contributed by atoms with Crippen LogP contribution >= 0.6 is 0 Å². The van der Waals surface area contributed by atoms with Crippen LogP contribution in [0.2, 0.25) is 0 Å². The zero-order valence-electron chi connectivity index (χ0n) is 11.1. The van der Waals surface area contributed by atoms with E-state index in [0.717, 1.165) is 0 Å². The summed E-state index contributed by atoms with van der Waals surface area (Å²) in [5.74, 6) is -0.835. The normalized spacial score (nSPS) is 9.83. The number of aryl methyl sites for hydroxylation is 1. The summed E-state index contributed by atoms with van der Waals surface area (Å²) in [6.07, 6.45) is 0. The highest BCUT2D eigenvalue weighted by molar-refractivity contribution is 6.06. The SMILES string of the molecule is COC(=O)c1cc(C)nc(N(C)C)c1C(=O)OC. The van der Waals surface area contributed by atoms with E-state index in [-0.39, 0.29) is 11.1 Å². The first-order chi connectivity index (χ1) is 8.42. The molecule has 0 spiro atoms. The Labute approximate surface area is 106 Å². The molecule has 18 heavy (non-hydrogen) atoms. The van der Waals surface area contributed by atoms with E-state index in [1.54, 1.807) is 25.9 Å². The van der Waals surface area contributed by atoms with Crippen LogP contribution in [0, 0.1) is 6.92 Å². The average molecular weight is 252 g/mol. The van der Waals surface area contributed by atoms with Crippen LogP contribution in [0.3, 0.4) is 0 Å². The molecule has 0 saturated heterocycles. The maximum Gasteiger partial charge on any atom is 0.342 e. The van der Waals surface area contributed by atoms with Gasteiger partial charge in [0.05, 0.1) is 19.8 Å². The van der Waals surface area contributed by atoms with Crippen molar-refractivity contribution in [2.45, 2.75) is 6.92 Å². The molecular formula is C12H16N2O4. The Morgan fingerprint density at radius 1 is 1.17 bits per heavy atom. The van der Waals surface area contributed by atoms with E-state index < -0.39 is 11.9 Å². The van der Waals surface area contributed by atoms with Gasteiger partial charge in [-0.15, -0.1) is 0 Å². The van der Waals surface area contributed by atoms with Crippen LogP contribution in [0.15, 0.2) is 6.07 Å². The van der Waals surface area contributed by atoms with Crippen molar-refractivity contribution in [3.05, 3.63) is 22.9 Å². The molecule has 0 aliphatic carbocycles. The Kier molecular flexibility index (Phi) is 4.25. The highest BCUT2D eigenvalue weighted by Gasteiger charge is 2.25. The molecule has 98 valence electrons. The molecule has 0 aliphatic rings. The van der Waals surface area contributed by atoms with Crippen molar-refractivity contribution < 1.29 is 19.1 Å². The number of aromatic nitrogens is 1. The van der Waals surface area contributed by atoms with Crippen LogP contribution in [-0.2, 0) is 9.47 Å². The minimum Gasteiger partial charge on any atom is -0.465 e. The van der Waals surface area contributed by atoms with Crippen molar-refractivity contribution in [2.24, 2.45) is 0 Å². The fraction of sp³-hybridized carbons (Fsp3) is 0.417. The first-order valence-corrected chi connectivity index (χ1v) is 5.28. The van der Waals surface area contributed by atoms with Crippen LogP contribution in [-0.4, -0.2) is 45.2 Å². The van der Waals surface area contributed by atoms with Gasteiger partial charge >= 0.3 is 11.9 Å². The molecule has 1 heterocycles. The van der Waals surface area contributed by atoms with Crippen molar-refractivity contribution in [1.82, 2.24) is 4.98 Å². The standard InChI is InChI=1S/C12H16N2O4/c1-7-6-8(11(15)17-4)9(12(16)18-5)10(13-7)14(2)3/h6H,1-5H3. The lowest BCUT2D eigenvalue weighted by atomic mass is 10.1. The summed E-state index contributed by atoms with van der Waals surface area (Å²) < 4.78 is 9.36. The van der Waals surface area contributed by atoms with E-state index in [1.807, 2.05) is 0 Å². The highest BCUT2D eigenvalue weighted by Crippen LogP contribution is 2.23. The minimum absolute atomic E-state index is 0.111. The van der Waals surface area contributed by atoms with Gasteiger partial charge in [0, 0.05) is 19.8 Å². The Balaban J connectivity index is 3.57. The largest absolute Gasteiger partial charge is 0.465 e. The quantitative estimate of drug-likeness (QED) is 0.748. The Bertz CT molecular complexity index is 483. The number of anilines is 1. The van der Waals surface area contributed by atoms with E-state index in [0.29, 0.717) is 11.5 Å². The van der Waals surface area contributed by atoms with Crippen LogP contribution in [0.4, 0.5) is 5.82 Å². The van der Waals surface area contributed by atoms with Gasteiger partial charge in [-0.3, -0.25) is 0 Å². The average Bonchev–Trinajstić information content (AvgIpc) is 2.35. The summed E-state index contributed by atoms with van der Waals surface area (Å²) in [5.41, 5.74) is 0.882. The number of hydrogen-bond acceptors (Lipinski definition) is 6. The lowest BCUT2D eigenvalue weighted by Gasteiger charge is -2.17. The van der Waals surface area contributed by atoms with Gasteiger partial charge in [-0.25, -0.2) is 14.6 Å². The van der Waals surface area contributed by atoms with Crippen molar-refractivity contribution in [3.8, 4) is 0 Å². The number of carbonyl (C=O) groups excluding carboxylic acids is 2.